The molecule has 146 valence electrons. The zero-order valence-corrected chi connectivity index (χ0v) is 15.2. The number of aromatic nitrogens is 2. The van der Waals surface area contributed by atoms with Crippen LogP contribution in [0.5, 0.6) is 0 Å². The van der Waals surface area contributed by atoms with Gasteiger partial charge in [-0.25, -0.2) is 8.42 Å². The maximum absolute atomic E-state index is 12.8. The third kappa shape index (κ3) is 2.94. The highest BCUT2D eigenvalue weighted by Crippen LogP contribution is 2.51. The number of ether oxygens (including phenoxy) is 1. The Labute approximate surface area is 149 Å². The van der Waals surface area contributed by atoms with Crippen molar-refractivity contribution in [3.05, 3.63) is 11.8 Å². The fourth-order valence-electron chi connectivity index (χ4n) is 4.23. The normalized spacial score (nSPS) is 25.2. The van der Waals surface area contributed by atoms with Crippen molar-refractivity contribution >= 4 is 10.0 Å². The lowest BCUT2D eigenvalue weighted by atomic mass is 9.61. The zero-order valence-electron chi connectivity index (χ0n) is 14.4. The summed E-state index contributed by atoms with van der Waals surface area (Å²) in [6.07, 6.45) is -2.81. The van der Waals surface area contributed by atoms with Crippen molar-refractivity contribution in [3.63, 3.8) is 0 Å². The van der Waals surface area contributed by atoms with Gasteiger partial charge in [0.2, 0.25) is 0 Å². The van der Waals surface area contributed by atoms with Crippen LogP contribution in [0.25, 0.3) is 0 Å². The standard InChI is InChI=1S/C15H21F3N4O3S/c1-20-13(6-12(19-20)15(16,17)18)26(23,24)22-9-14(10-22)7-11(8-14)21-2-4-25-5-3-21/h6,11H,2-5,7-10H2,1H3. The lowest BCUT2D eigenvalue weighted by Crippen LogP contribution is -2.68. The molecule has 11 heteroatoms. The van der Waals surface area contributed by atoms with Crippen molar-refractivity contribution in [2.45, 2.75) is 30.1 Å². The molecule has 1 spiro atoms. The molecule has 0 atom stereocenters. The number of halogens is 3. The summed E-state index contributed by atoms with van der Waals surface area (Å²) in [5, 5.41) is 2.89. The second-order valence-corrected chi connectivity index (χ2v) is 9.36. The van der Waals surface area contributed by atoms with Crippen LogP contribution in [-0.2, 0) is 28.0 Å². The van der Waals surface area contributed by atoms with E-state index in [9.17, 15) is 21.6 Å². The highest BCUT2D eigenvalue weighted by Gasteiger charge is 2.57. The molecule has 0 radical (unpaired) electrons. The highest BCUT2D eigenvalue weighted by atomic mass is 32.2. The maximum Gasteiger partial charge on any atom is 0.435 e. The van der Waals surface area contributed by atoms with Gasteiger partial charge in [0.05, 0.1) is 13.2 Å². The fourth-order valence-corrected chi connectivity index (χ4v) is 6.02. The topological polar surface area (TPSA) is 67.7 Å². The zero-order chi connectivity index (χ0) is 18.7. The van der Waals surface area contributed by atoms with Crippen LogP contribution in [0.4, 0.5) is 13.2 Å². The van der Waals surface area contributed by atoms with Crippen molar-refractivity contribution in [1.82, 2.24) is 19.0 Å². The van der Waals surface area contributed by atoms with Crippen molar-refractivity contribution < 1.29 is 26.3 Å². The molecule has 2 aliphatic heterocycles. The SMILES string of the molecule is Cn1nc(C(F)(F)F)cc1S(=O)(=O)N1CC2(CC(N3CCOCC3)C2)C1. The number of aryl methyl sites for hydroxylation is 1. The summed E-state index contributed by atoms with van der Waals surface area (Å²) in [6.45, 7) is 3.99. The molecule has 1 aromatic rings. The molecule has 0 unspecified atom stereocenters. The summed E-state index contributed by atoms with van der Waals surface area (Å²) < 4.78 is 71.0. The molecule has 1 aromatic heterocycles. The molecular weight excluding hydrogens is 373 g/mol. The van der Waals surface area contributed by atoms with Gasteiger partial charge in [0, 0.05) is 50.7 Å². The molecule has 7 nitrogen and oxygen atoms in total. The van der Waals surface area contributed by atoms with Gasteiger partial charge in [-0.2, -0.15) is 22.6 Å². The quantitative estimate of drug-likeness (QED) is 0.763. The van der Waals surface area contributed by atoms with Gasteiger partial charge in [0.15, 0.2) is 10.7 Å². The summed E-state index contributed by atoms with van der Waals surface area (Å²) in [5.74, 6) is 0. The second-order valence-electron chi connectivity index (χ2n) is 7.47. The Kier molecular flexibility index (Phi) is 4.14. The van der Waals surface area contributed by atoms with E-state index in [2.05, 4.69) is 10.00 Å². The van der Waals surface area contributed by atoms with Crippen LogP contribution in [0, 0.1) is 5.41 Å². The van der Waals surface area contributed by atoms with Crippen molar-refractivity contribution in [2.75, 3.05) is 39.4 Å². The molecule has 3 heterocycles. The number of morpholine rings is 1. The van der Waals surface area contributed by atoms with Gasteiger partial charge < -0.3 is 4.74 Å². The Morgan fingerprint density at radius 1 is 1.23 bits per heavy atom. The lowest BCUT2D eigenvalue weighted by Gasteiger charge is -2.60. The minimum atomic E-state index is -4.67. The van der Waals surface area contributed by atoms with Crippen LogP contribution in [0.1, 0.15) is 18.5 Å². The van der Waals surface area contributed by atoms with Crippen LogP contribution in [0.2, 0.25) is 0 Å². The van der Waals surface area contributed by atoms with E-state index in [1.165, 1.54) is 11.4 Å². The van der Waals surface area contributed by atoms with Gasteiger partial charge in [-0.1, -0.05) is 0 Å². The molecular formula is C15H21F3N4O3S. The third-order valence-electron chi connectivity index (χ3n) is 5.65. The number of sulfonamides is 1. The summed E-state index contributed by atoms with van der Waals surface area (Å²) in [5.41, 5.74) is -1.22. The Hall–Kier alpha value is -1.17. The predicted molar refractivity (Wildman–Crippen MR) is 84.8 cm³/mol. The average molecular weight is 394 g/mol. The molecule has 0 bridgehead atoms. The number of nitrogens with zero attached hydrogens (tertiary/aromatic N) is 4. The molecule has 1 aliphatic carbocycles. The van der Waals surface area contributed by atoms with E-state index < -0.39 is 26.9 Å². The summed E-state index contributed by atoms with van der Waals surface area (Å²) in [7, 11) is -2.74. The number of hydrogen-bond acceptors (Lipinski definition) is 5. The Balaban J connectivity index is 1.40. The maximum atomic E-state index is 12.8. The molecule has 3 fully saturated rings. The number of alkyl halides is 3. The van der Waals surface area contributed by atoms with E-state index in [4.69, 9.17) is 4.74 Å². The van der Waals surface area contributed by atoms with Gasteiger partial charge in [-0.3, -0.25) is 9.58 Å². The van der Waals surface area contributed by atoms with E-state index in [-0.39, 0.29) is 5.41 Å². The minimum Gasteiger partial charge on any atom is -0.379 e. The highest BCUT2D eigenvalue weighted by molar-refractivity contribution is 7.89. The van der Waals surface area contributed by atoms with Gasteiger partial charge in [-0.15, -0.1) is 0 Å². The van der Waals surface area contributed by atoms with Gasteiger partial charge in [-0.05, 0) is 12.8 Å². The van der Waals surface area contributed by atoms with E-state index in [1.54, 1.807) is 0 Å². The molecule has 0 amide bonds. The lowest BCUT2D eigenvalue weighted by molar-refractivity contribution is -0.141. The molecule has 1 saturated carbocycles. The Morgan fingerprint density at radius 3 is 2.38 bits per heavy atom. The molecule has 26 heavy (non-hydrogen) atoms. The summed E-state index contributed by atoms with van der Waals surface area (Å²) in [4.78, 5) is 2.38. The molecule has 2 saturated heterocycles. The van der Waals surface area contributed by atoms with Crippen LogP contribution >= 0.6 is 0 Å². The second kappa shape index (κ2) is 5.91. The van der Waals surface area contributed by atoms with E-state index in [1.807, 2.05) is 0 Å². The van der Waals surface area contributed by atoms with Crippen LogP contribution in [0.15, 0.2) is 11.1 Å². The number of hydrogen-bond donors (Lipinski definition) is 0. The van der Waals surface area contributed by atoms with E-state index in [0.29, 0.717) is 25.2 Å². The van der Waals surface area contributed by atoms with Crippen LogP contribution < -0.4 is 0 Å². The van der Waals surface area contributed by atoms with Crippen molar-refractivity contribution in [1.29, 1.82) is 0 Å². The van der Waals surface area contributed by atoms with E-state index in [0.717, 1.165) is 43.8 Å². The molecule has 3 aliphatic rings. The first-order valence-electron chi connectivity index (χ1n) is 8.54. The van der Waals surface area contributed by atoms with Gasteiger partial charge >= 0.3 is 6.18 Å². The Morgan fingerprint density at radius 2 is 1.85 bits per heavy atom. The molecule has 0 N–H and O–H groups in total. The first kappa shape index (κ1) is 18.2. The number of rotatable bonds is 3. The van der Waals surface area contributed by atoms with Gasteiger partial charge in [0.25, 0.3) is 10.0 Å². The van der Waals surface area contributed by atoms with E-state index >= 15 is 0 Å². The van der Waals surface area contributed by atoms with Crippen molar-refractivity contribution in [2.24, 2.45) is 12.5 Å². The summed E-state index contributed by atoms with van der Waals surface area (Å²) >= 11 is 0. The summed E-state index contributed by atoms with van der Waals surface area (Å²) in [6, 6.07) is 1.06. The van der Waals surface area contributed by atoms with Crippen molar-refractivity contribution in [3.8, 4) is 0 Å². The fraction of sp³-hybridized carbons (Fsp3) is 0.800. The van der Waals surface area contributed by atoms with Crippen LogP contribution in [-0.4, -0.2) is 72.8 Å². The minimum absolute atomic E-state index is 0.0263. The predicted octanol–water partition coefficient (Wildman–Crippen LogP) is 0.924. The smallest absolute Gasteiger partial charge is 0.379 e. The van der Waals surface area contributed by atoms with Gasteiger partial charge in [0.1, 0.15) is 0 Å². The van der Waals surface area contributed by atoms with Crippen LogP contribution in [0.3, 0.4) is 0 Å². The third-order valence-corrected chi connectivity index (χ3v) is 7.50. The first-order chi connectivity index (χ1) is 12.1. The largest absolute Gasteiger partial charge is 0.435 e. The molecule has 4 rings (SSSR count). The molecule has 0 aromatic carbocycles. The average Bonchev–Trinajstić information content (AvgIpc) is 2.88. The first-order valence-corrected chi connectivity index (χ1v) is 9.98. The Bertz CT molecular complexity index is 788. The monoisotopic (exact) mass is 394 g/mol.